The van der Waals surface area contributed by atoms with Gasteiger partial charge >= 0.3 is 0 Å². The van der Waals surface area contributed by atoms with Crippen molar-refractivity contribution >= 4 is 11.3 Å². The van der Waals surface area contributed by atoms with Gasteiger partial charge in [0.05, 0.1) is 0 Å². The van der Waals surface area contributed by atoms with E-state index in [9.17, 15) is 0 Å². The summed E-state index contributed by atoms with van der Waals surface area (Å²) >= 11 is 1.87. The van der Waals surface area contributed by atoms with E-state index in [4.69, 9.17) is 5.73 Å². The molecule has 0 aliphatic carbocycles. The van der Waals surface area contributed by atoms with Crippen LogP contribution in [-0.2, 0) is 6.42 Å². The average Bonchev–Trinajstić information content (AvgIpc) is 2.82. The molecule has 0 radical (unpaired) electrons. The van der Waals surface area contributed by atoms with Crippen LogP contribution in [0.1, 0.15) is 4.88 Å². The monoisotopic (exact) mass is 239 g/mol. The van der Waals surface area contributed by atoms with Gasteiger partial charge in [0.2, 0.25) is 0 Å². The van der Waals surface area contributed by atoms with Crippen molar-refractivity contribution in [2.45, 2.75) is 6.42 Å². The van der Waals surface area contributed by atoms with Crippen molar-refractivity contribution in [2.75, 3.05) is 45.8 Å². The van der Waals surface area contributed by atoms with Crippen LogP contribution in [-0.4, -0.2) is 55.6 Å². The molecule has 1 aromatic heterocycles. The van der Waals surface area contributed by atoms with Gasteiger partial charge in [0.25, 0.3) is 0 Å². The van der Waals surface area contributed by atoms with Gasteiger partial charge in [0.15, 0.2) is 0 Å². The predicted molar refractivity (Wildman–Crippen MR) is 70.0 cm³/mol. The van der Waals surface area contributed by atoms with Crippen LogP contribution in [0.2, 0.25) is 0 Å². The van der Waals surface area contributed by atoms with Crippen LogP contribution < -0.4 is 5.73 Å². The molecule has 1 fully saturated rings. The Labute approximate surface area is 102 Å². The first-order valence-corrected chi connectivity index (χ1v) is 6.93. The van der Waals surface area contributed by atoms with Crippen LogP contribution in [0.5, 0.6) is 0 Å². The van der Waals surface area contributed by atoms with Crippen molar-refractivity contribution < 1.29 is 0 Å². The maximum absolute atomic E-state index is 5.56. The molecule has 2 N–H and O–H groups in total. The van der Waals surface area contributed by atoms with Gasteiger partial charge < -0.3 is 10.6 Å². The van der Waals surface area contributed by atoms with E-state index in [1.54, 1.807) is 0 Å². The van der Waals surface area contributed by atoms with E-state index >= 15 is 0 Å². The zero-order chi connectivity index (χ0) is 11.2. The highest BCUT2D eigenvalue weighted by atomic mass is 32.1. The second-order valence-electron chi connectivity index (χ2n) is 4.30. The standard InChI is InChI=1S/C12H21N3S/c13-4-6-15-9-7-14(8-10-15)5-3-12-2-1-11-16-12/h1-2,11H,3-10,13H2. The molecule has 3 nitrogen and oxygen atoms in total. The van der Waals surface area contributed by atoms with Gasteiger partial charge in [-0.3, -0.25) is 4.90 Å². The topological polar surface area (TPSA) is 32.5 Å². The molecular weight excluding hydrogens is 218 g/mol. The highest BCUT2D eigenvalue weighted by molar-refractivity contribution is 7.09. The molecule has 4 heteroatoms. The van der Waals surface area contributed by atoms with Crippen molar-refractivity contribution in [1.29, 1.82) is 0 Å². The Kier molecular flexibility index (Phi) is 4.78. The molecule has 16 heavy (non-hydrogen) atoms. The Bertz CT molecular complexity index is 278. The first kappa shape index (κ1) is 12.0. The van der Waals surface area contributed by atoms with Gasteiger partial charge in [-0.2, -0.15) is 0 Å². The molecule has 0 saturated carbocycles. The van der Waals surface area contributed by atoms with Crippen molar-refractivity contribution in [3.05, 3.63) is 22.4 Å². The van der Waals surface area contributed by atoms with Gasteiger partial charge in [0, 0.05) is 50.7 Å². The molecule has 0 atom stereocenters. The molecule has 2 heterocycles. The first-order chi connectivity index (χ1) is 7.88. The minimum Gasteiger partial charge on any atom is -0.329 e. The fourth-order valence-electron chi connectivity index (χ4n) is 2.14. The van der Waals surface area contributed by atoms with Crippen LogP contribution in [0.15, 0.2) is 17.5 Å². The van der Waals surface area contributed by atoms with Crippen LogP contribution >= 0.6 is 11.3 Å². The van der Waals surface area contributed by atoms with Crippen LogP contribution in [0.25, 0.3) is 0 Å². The zero-order valence-corrected chi connectivity index (χ0v) is 10.6. The molecule has 1 saturated heterocycles. The summed E-state index contributed by atoms with van der Waals surface area (Å²) in [5.41, 5.74) is 5.56. The van der Waals surface area contributed by atoms with Crippen LogP contribution in [0.3, 0.4) is 0 Å². The van der Waals surface area contributed by atoms with E-state index in [2.05, 4.69) is 27.3 Å². The number of rotatable bonds is 5. The Morgan fingerprint density at radius 3 is 2.38 bits per heavy atom. The fraction of sp³-hybridized carbons (Fsp3) is 0.667. The molecule has 0 unspecified atom stereocenters. The largest absolute Gasteiger partial charge is 0.329 e. The molecule has 0 aromatic carbocycles. The Morgan fingerprint density at radius 2 is 1.81 bits per heavy atom. The lowest BCUT2D eigenvalue weighted by Crippen LogP contribution is -2.48. The van der Waals surface area contributed by atoms with E-state index in [0.717, 1.165) is 13.1 Å². The lowest BCUT2D eigenvalue weighted by Gasteiger charge is -2.34. The lowest BCUT2D eigenvalue weighted by molar-refractivity contribution is 0.136. The Hall–Kier alpha value is -0.420. The Balaban J connectivity index is 1.65. The average molecular weight is 239 g/mol. The third-order valence-electron chi connectivity index (χ3n) is 3.16. The lowest BCUT2D eigenvalue weighted by atomic mass is 10.2. The van der Waals surface area contributed by atoms with Crippen molar-refractivity contribution in [1.82, 2.24) is 9.80 Å². The molecule has 1 aliphatic heterocycles. The highest BCUT2D eigenvalue weighted by Gasteiger charge is 2.15. The maximum atomic E-state index is 5.56. The second kappa shape index (κ2) is 6.35. The highest BCUT2D eigenvalue weighted by Crippen LogP contribution is 2.10. The third-order valence-corrected chi connectivity index (χ3v) is 4.10. The summed E-state index contributed by atoms with van der Waals surface area (Å²) in [7, 11) is 0. The normalized spacial score (nSPS) is 19.1. The number of hydrogen-bond donors (Lipinski definition) is 1. The van der Waals surface area contributed by atoms with Gasteiger partial charge in [-0.15, -0.1) is 11.3 Å². The number of thiophene rings is 1. The van der Waals surface area contributed by atoms with E-state index in [0.29, 0.717) is 0 Å². The molecular formula is C12H21N3S. The quantitative estimate of drug-likeness (QED) is 0.827. The molecule has 1 aromatic rings. The molecule has 2 rings (SSSR count). The predicted octanol–water partition coefficient (Wildman–Crippen LogP) is 0.867. The minimum absolute atomic E-state index is 0.787. The van der Waals surface area contributed by atoms with Gasteiger partial charge in [-0.25, -0.2) is 0 Å². The molecule has 0 spiro atoms. The summed E-state index contributed by atoms with van der Waals surface area (Å²) in [5, 5.41) is 2.16. The van der Waals surface area contributed by atoms with Crippen molar-refractivity contribution in [2.24, 2.45) is 5.73 Å². The van der Waals surface area contributed by atoms with E-state index in [1.807, 2.05) is 11.3 Å². The van der Waals surface area contributed by atoms with Gasteiger partial charge in [-0.1, -0.05) is 6.07 Å². The first-order valence-electron chi connectivity index (χ1n) is 6.05. The van der Waals surface area contributed by atoms with Gasteiger partial charge in [0.1, 0.15) is 0 Å². The van der Waals surface area contributed by atoms with Crippen LogP contribution in [0, 0.1) is 0 Å². The summed E-state index contributed by atoms with van der Waals surface area (Å²) in [5.74, 6) is 0. The number of hydrogen-bond acceptors (Lipinski definition) is 4. The fourth-order valence-corrected chi connectivity index (χ4v) is 2.84. The van der Waals surface area contributed by atoms with Gasteiger partial charge in [-0.05, 0) is 17.9 Å². The summed E-state index contributed by atoms with van der Waals surface area (Å²) in [6.45, 7) is 7.81. The Morgan fingerprint density at radius 1 is 1.12 bits per heavy atom. The third kappa shape index (κ3) is 3.56. The maximum Gasteiger partial charge on any atom is 0.0110 e. The van der Waals surface area contributed by atoms with E-state index < -0.39 is 0 Å². The molecule has 1 aliphatic rings. The number of nitrogens with two attached hydrogens (primary N) is 1. The summed E-state index contributed by atoms with van der Waals surface area (Å²) < 4.78 is 0. The molecule has 90 valence electrons. The SMILES string of the molecule is NCCN1CCN(CCc2cccs2)CC1. The number of nitrogens with zero attached hydrogens (tertiary/aromatic N) is 2. The summed E-state index contributed by atoms with van der Waals surface area (Å²) in [6.07, 6.45) is 1.20. The number of piperazine rings is 1. The minimum atomic E-state index is 0.787. The van der Waals surface area contributed by atoms with Crippen molar-refractivity contribution in [3.63, 3.8) is 0 Å². The molecule has 0 bridgehead atoms. The summed E-state index contributed by atoms with van der Waals surface area (Å²) in [4.78, 5) is 6.53. The molecule has 0 amide bonds. The smallest absolute Gasteiger partial charge is 0.0110 e. The van der Waals surface area contributed by atoms with E-state index in [1.165, 1.54) is 44.0 Å². The zero-order valence-electron chi connectivity index (χ0n) is 9.77. The van der Waals surface area contributed by atoms with Crippen molar-refractivity contribution in [3.8, 4) is 0 Å². The van der Waals surface area contributed by atoms with Crippen LogP contribution in [0.4, 0.5) is 0 Å². The summed E-state index contributed by atoms with van der Waals surface area (Å²) in [6, 6.07) is 4.37. The second-order valence-corrected chi connectivity index (χ2v) is 5.33. The van der Waals surface area contributed by atoms with E-state index in [-0.39, 0.29) is 0 Å².